The molecule has 0 spiro atoms. The number of imidazole rings is 1. The Morgan fingerprint density at radius 1 is 1.19 bits per heavy atom. The van der Waals surface area contributed by atoms with E-state index in [0.29, 0.717) is 17.1 Å². The van der Waals surface area contributed by atoms with Crippen molar-refractivity contribution in [2.24, 2.45) is 0 Å². The van der Waals surface area contributed by atoms with Crippen molar-refractivity contribution in [2.45, 2.75) is 32.7 Å². The lowest BCUT2D eigenvalue weighted by molar-refractivity contribution is 0.246. The fourth-order valence-electron chi connectivity index (χ4n) is 3.18. The highest BCUT2D eigenvalue weighted by Crippen LogP contribution is 2.28. The summed E-state index contributed by atoms with van der Waals surface area (Å²) in [5.41, 5.74) is 1.65. The molecule has 0 bridgehead atoms. The highest BCUT2D eigenvalue weighted by atomic mass is 35.5. The summed E-state index contributed by atoms with van der Waals surface area (Å²) in [6.45, 7) is 10.4. The smallest absolute Gasteiger partial charge is 0.214 e. The van der Waals surface area contributed by atoms with Crippen molar-refractivity contribution in [1.82, 2.24) is 19.5 Å². The molecule has 2 aromatic heterocycles. The molecule has 0 saturated carbocycles. The Hall–Kier alpha value is -1.70. The zero-order chi connectivity index (χ0) is 19.2. The molecule has 0 atom stereocenters. The van der Waals surface area contributed by atoms with Gasteiger partial charge in [0.15, 0.2) is 0 Å². The van der Waals surface area contributed by atoms with Gasteiger partial charge in [-0.2, -0.15) is 0 Å². The van der Waals surface area contributed by atoms with E-state index in [0.717, 1.165) is 42.0 Å². The largest absolute Gasteiger partial charge is 0.344 e. The summed E-state index contributed by atoms with van der Waals surface area (Å²) in [4.78, 5) is 10.1. The van der Waals surface area contributed by atoms with Crippen LogP contribution in [0.3, 0.4) is 0 Å². The van der Waals surface area contributed by atoms with Gasteiger partial charge >= 0.3 is 0 Å². The van der Waals surface area contributed by atoms with E-state index >= 15 is 0 Å². The van der Waals surface area contributed by atoms with Crippen molar-refractivity contribution in [2.75, 3.05) is 31.1 Å². The van der Waals surface area contributed by atoms with Crippen LogP contribution in [0.4, 0.5) is 9.52 Å². The molecule has 1 aliphatic rings. The average molecular weight is 408 g/mol. The Kier molecular flexibility index (Phi) is 4.86. The number of rotatable bonds is 3. The molecule has 1 fully saturated rings. The van der Waals surface area contributed by atoms with Crippen LogP contribution in [0.15, 0.2) is 24.4 Å². The lowest BCUT2D eigenvalue weighted by atomic mass is 9.93. The minimum atomic E-state index is -0.235. The van der Waals surface area contributed by atoms with Gasteiger partial charge in [-0.05, 0) is 12.1 Å². The first-order valence-corrected chi connectivity index (χ1v) is 10.3. The second kappa shape index (κ2) is 7.04. The van der Waals surface area contributed by atoms with Gasteiger partial charge in [-0.25, -0.2) is 13.9 Å². The number of piperazine rings is 1. The molecule has 5 nitrogen and oxygen atoms in total. The first-order chi connectivity index (χ1) is 12.8. The van der Waals surface area contributed by atoms with Crippen LogP contribution in [-0.4, -0.2) is 45.7 Å². The molecule has 8 heteroatoms. The van der Waals surface area contributed by atoms with Gasteiger partial charge < -0.3 is 4.90 Å². The Bertz CT molecular complexity index is 901. The Morgan fingerprint density at radius 2 is 1.93 bits per heavy atom. The topological polar surface area (TPSA) is 36.7 Å². The molecule has 0 aliphatic carbocycles. The van der Waals surface area contributed by atoms with Gasteiger partial charge in [0.1, 0.15) is 5.82 Å². The lowest BCUT2D eigenvalue weighted by Crippen LogP contribution is -2.46. The third kappa shape index (κ3) is 3.81. The summed E-state index contributed by atoms with van der Waals surface area (Å²) in [6.07, 6.45) is 2.02. The first kappa shape index (κ1) is 18.7. The molecule has 3 aromatic rings. The molecular weight excluding hydrogens is 385 g/mol. The van der Waals surface area contributed by atoms with Crippen molar-refractivity contribution in [3.63, 3.8) is 0 Å². The first-order valence-electron chi connectivity index (χ1n) is 9.08. The number of fused-ring (bicyclic) bond motifs is 1. The molecule has 3 heterocycles. The van der Waals surface area contributed by atoms with E-state index in [2.05, 4.69) is 30.6 Å². The van der Waals surface area contributed by atoms with Gasteiger partial charge in [-0.3, -0.25) is 4.90 Å². The van der Waals surface area contributed by atoms with E-state index in [-0.39, 0.29) is 11.2 Å². The third-order valence-electron chi connectivity index (χ3n) is 4.89. The van der Waals surface area contributed by atoms with E-state index in [1.807, 2.05) is 10.7 Å². The average Bonchev–Trinajstić information content (AvgIpc) is 3.18. The van der Waals surface area contributed by atoms with Crippen LogP contribution in [0.2, 0.25) is 5.02 Å². The predicted molar refractivity (Wildman–Crippen MR) is 108 cm³/mol. The van der Waals surface area contributed by atoms with E-state index in [1.165, 1.54) is 6.07 Å². The quantitative estimate of drug-likeness (QED) is 0.652. The van der Waals surface area contributed by atoms with Crippen LogP contribution >= 0.6 is 22.9 Å². The van der Waals surface area contributed by atoms with E-state index in [9.17, 15) is 4.39 Å². The molecule has 27 heavy (non-hydrogen) atoms. The monoisotopic (exact) mass is 407 g/mol. The SMILES string of the molecule is CC(C)(C)c1cn2nc(N3CCN(Cc4c(F)cccc4Cl)CC3)sc2n1. The Balaban J connectivity index is 1.42. The fraction of sp³-hybridized carbons (Fsp3) is 0.474. The minimum absolute atomic E-state index is 0.0210. The second-order valence-corrected chi connectivity index (χ2v) is 9.29. The summed E-state index contributed by atoms with van der Waals surface area (Å²) in [5.74, 6) is -0.235. The minimum Gasteiger partial charge on any atom is -0.344 e. The van der Waals surface area contributed by atoms with Crippen LogP contribution in [-0.2, 0) is 12.0 Å². The zero-order valence-corrected chi connectivity index (χ0v) is 17.3. The van der Waals surface area contributed by atoms with Crippen molar-refractivity contribution in [3.8, 4) is 0 Å². The molecule has 4 rings (SSSR count). The van der Waals surface area contributed by atoms with Crippen LogP contribution in [0.1, 0.15) is 32.0 Å². The number of halogens is 2. The number of anilines is 1. The van der Waals surface area contributed by atoms with Crippen molar-refractivity contribution >= 4 is 33.0 Å². The molecule has 1 aromatic carbocycles. The molecule has 0 radical (unpaired) electrons. The molecule has 1 aliphatic heterocycles. The summed E-state index contributed by atoms with van der Waals surface area (Å²) in [5, 5.41) is 6.19. The van der Waals surface area contributed by atoms with Crippen molar-refractivity contribution in [1.29, 1.82) is 0 Å². The molecule has 0 unspecified atom stereocenters. The lowest BCUT2D eigenvalue weighted by Gasteiger charge is -2.34. The predicted octanol–water partition coefficient (Wildman–Crippen LogP) is 4.20. The van der Waals surface area contributed by atoms with E-state index in [1.54, 1.807) is 23.5 Å². The number of hydrogen-bond donors (Lipinski definition) is 0. The number of benzene rings is 1. The maximum absolute atomic E-state index is 14.0. The summed E-state index contributed by atoms with van der Waals surface area (Å²) in [7, 11) is 0. The molecule has 144 valence electrons. The molecule has 1 saturated heterocycles. The third-order valence-corrected chi connectivity index (χ3v) is 6.22. The fourth-order valence-corrected chi connectivity index (χ4v) is 4.34. The number of aromatic nitrogens is 3. The van der Waals surface area contributed by atoms with E-state index in [4.69, 9.17) is 21.7 Å². The van der Waals surface area contributed by atoms with E-state index < -0.39 is 0 Å². The van der Waals surface area contributed by atoms with Gasteiger partial charge in [0, 0.05) is 48.7 Å². The van der Waals surface area contributed by atoms with Crippen LogP contribution in [0.5, 0.6) is 0 Å². The maximum Gasteiger partial charge on any atom is 0.214 e. The van der Waals surface area contributed by atoms with Crippen LogP contribution < -0.4 is 4.90 Å². The maximum atomic E-state index is 14.0. The molecule has 0 N–H and O–H groups in total. The highest BCUT2D eigenvalue weighted by Gasteiger charge is 2.24. The van der Waals surface area contributed by atoms with Gasteiger partial charge in [0.25, 0.3) is 0 Å². The molecule has 0 amide bonds. The van der Waals surface area contributed by atoms with Gasteiger partial charge in [-0.15, -0.1) is 5.10 Å². The van der Waals surface area contributed by atoms with Gasteiger partial charge in [0.05, 0.1) is 11.9 Å². The van der Waals surface area contributed by atoms with Crippen LogP contribution in [0.25, 0.3) is 4.96 Å². The van der Waals surface area contributed by atoms with Crippen molar-refractivity contribution in [3.05, 3.63) is 46.5 Å². The van der Waals surface area contributed by atoms with Crippen molar-refractivity contribution < 1.29 is 4.39 Å². The Labute approximate surface area is 167 Å². The highest BCUT2D eigenvalue weighted by molar-refractivity contribution is 7.20. The van der Waals surface area contributed by atoms with Crippen LogP contribution in [0, 0.1) is 5.82 Å². The standard InChI is InChI=1S/C19H23ClFN5S/c1-19(2,3)16-12-26-17(22-16)27-18(23-26)25-9-7-24(8-10-25)11-13-14(20)5-4-6-15(13)21/h4-6,12H,7-11H2,1-3H3. The summed E-state index contributed by atoms with van der Waals surface area (Å²) >= 11 is 7.77. The summed E-state index contributed by atoms with van der Waals surface area (Å²) in [6, 6.07) is 4.85. The zero-order valence-electron chi connectivity index (χ0n) is 15.7. The van der Waals surface area contributed by atoms with Gasteiger partial charge in [-0.1, -0.05) is 49.8 Å². The number of hydrogen-bond acceptors (Lipinski definition) is 5. The molecular formula is C19H23ClFN5S. The summed E-state index contributed by atoms with van der Waals surface area (Å²) < 4.78 is 15.9. The second-order valence-electron chi connectivity index (χ2n) is 7.95. The normalized spacial score (nSPS) is 16.4. The Morgan fingerprint density at radius 3 is 2.56 bits per heavy atom. The number of nitrogens with zero attached hydrogens (tertiary/aromatic N) is 5. The van der Waals surface area contributed by atoms with Gasteiger partial charge in [0.2, 0.25) is 10.1 Å².